The largest absolute Gasteiger partial charge is 0.465 e. The number of halogens is 1. The van der Waals surface area contributed by atoms with Gasteiger partial charge in [-0.1, -0.05) is 0 Å². The molecule has 0 radical (unpaired) electrons. The van der Waals surface area contributed by atoms with Crippen LogP contribution in [0.25, 0.3) is 0 Å². The molecule has 0 aliphatic carbocycles. The summed E-state index contributed by atoms with van der Waals surface area (Å²) in [5.74, 6) is -0.329. The molecular weight excluding hydrogens is 271 g/mol. The lowest BCUT2D eigenvalue weighted by Crippen LogP contribution is -2.04. The zero-order chi connectivity index (χ0) is 9.30. The first-order valence-electron chi connectivity index (χ1n) is 3.35. The smallest absolute Gasteiger partial charge is 0.342 e. The summed E-state index contributed by atoms with van der Waals surface area (Å²) < 4.78 is 6.95. The lowest BCUT2D eigenvalue weighted by molar-refractivity contribution is 0.0598. The molecule has 0 bridgehead atoms. The maximum atomic E-state index is 11.2. The van der Waals surface area contributed by atoms with E-state index in [4.69, 9.17) is 0 Å². The van der Waals surface area contributed by atoms with E-state index in [1.54, 1.807) is 11.7 Å². The minimum atomic E-state index is -0.329. The molecule has 0 aliphatic rings. The van der Waals surface area contributed by atoms with Crippen molar-refractivity contribution in [3.05, 3.63) is 15.0 Å². The maximum Gasteiger partial charge on any atom is 0.342 e. The molecule has 66 valence electrons. The standard InChI is InChI=1S/C7H9IN2O2/c1-4-5(7(11)12-3)6(8)9-10(4)2/h1-3H3. The van der Waals surface area contributed by atoms with Gasteiger partial charge in [-0.3, -0.25) is 4.68 Å². The average molecular weight is 280 g/mol. The van der Waals surface area contributed by atoms with Crippen LogP contribution in [0.2, 0.25) is 0 Å². The van der Waals surface area contributed by atoms with E-state index in [1.807, 2.05) is 29.5 Å². The van der Waals surface area contributed by atoms with Gasteiger partial charge in [0.25, 0.3) is 0 Å². The molecule has 0 aliphatic heterocycles. The van der Waals surface area contributed by atoms with E-state index in [1.165, 1.54) is 7.11 Å². The molecule has 0 aromatic carbocycles. The highest BCUT2D eigenvalue weighted by Gasteiger charge is 2.18. The van der Waals surface area contributed by atoms with Crippen LogP contribution in [0.4, 0.5) is 0 Å². The Hall–Kier alpha value is -0.590. The highest BCUT2D eigenvalue weighted by molar-refractivity contribution is 14.1. The highest BCUT2D eigenvalue weighted by Crippen LogP contribution is 2.15. The number of hydrogen-bond donors (Lipinski definition) is 0. The van der Waals surface area contributed by atoms with Crippen LogP contribution in [0.15, 0.2) is 0 Å². The second-order valence-corrected chi connectivity index (χ2v) is 3.39. The van der Waals surface area contributed by atoms with Crippen LogP contribution in [0.5, 0.6) is 0 Å². The molecule has 1 heterocycles. The van der Waals surface area contributed by atoms with E-state index in [0.717, 1.165) is 5.69 Å². The molecule has 0 atom stereocenters. The summed E-state index contributed by atoms with van der Waals surface area (Å²) in [6, 6.07) is 0. The second-order valence-electron chi connectivity index (χ2n) is 2.37. The van der Waals surface area contributed by atoms with Gasteiger partial charge in [-0.05, 0) is 29.5 Å². The number of ether oxygens (including phenoxy) is 1. The topological polar surface area (TPSA) is 44.1 Å². The molecule has 1 aromatic heterocycles. The number of methoxy groups -OCH3 is 1. The summed E-state index contributed by atoms with van der Waals surface area (Å²) in [6.07, 6.45) is 0. The molecule has 0 unspecified atom stereocenters. The summed E-state index contributed by atoms with van der Waals surface area (Å²) in [6.45, 7) is 1.83. The fraction of sp³-hybridized carbons (Fsp3) is 0.429. The van der Waals surface area contributed by atoms with Crippen molar-refractivity contribution in [2.45, 2.75) is 6.92 Å². The Labute approximate surface area is 84.0 Å². The van der Waals surface area contributed by atoms with Gasteiger partial charge in [0.1, 0.15) is 9.26 Å². The van der Waals surface area contributed by atoms with Gasteiger partial charge in [-0.15, -0.1) is 0 Å². The maximum absolute atomic E-state index is 11.2. The third-order valence-electron chi connectivity index (χ3n) is 1.68. The predicted octanol–water partition coefficient (Wildman–Crippen LogP) is 1.12. The van der Waals surface area contributed by atoms with Crippen LogP contribution in [-0.4, -0.2) is 22.9 Å². The molecule has 1 aromatic rings. The van der Waals surface area contributed by atoms with Crippen molar-refractivity contribution >= 4 is 28.6 Å². The average Bonchev–Trinajstić information content (AvgIpc) is 2.26. The van der Waals surface area contributed by atoms with Gasteiger partial charge in [-0.25, -0.2) is 4.79 Å². The van der Waals surface area contributed by atoms with Crippen molar-refractivity contribution < 1.29 is 9.53 Å². The lowest BCUT2D eigenvalue weighted by atomic mass is 10.3. The molecule has 0 amide bonds. The zero-order valence-electron chi connectivity index (χ0n) is 7.09. The minimum Gasteiger partial charge on any atom is -0.465 e. The fourth-order valence-corrected chi connectivity index (χ4v) is 1.84. The zero-order valence-corrected chi connectivity index (χ0v) is 9.25. The van der Waals surface area contributed by atoms with Crippen LogP contribution < -0.4 is 0 Å². The van der Waals surface area contributed by atoms with Crippen LogP contribution in [0.1, 0.15) is 16.1 Å². The molecular formula is C7H9IN2O2. The Kier molecular flexibility index (Phi) is 2.71. The number of carbonyl (C=O) groups is 1. The second kappa shape index (κ2) is 3.42. The Balaban J connectivity index is 3.22. The molecule has 5 heteroatoms. The van der Waals surface area contributed by atoms with E-state index in [9.17, 15) is 4.79 Å². The van der Waals surface area contributed by atoms with Gasteiger partial charge in [0, 0.05) is 7.05 Å². The first-order valence-corrected chi connectivity index (χ1v) is 4.43. The quantitative estimate of drug-likeness (QED) is 0.572. The number of rotatable bonds is 1. The normalized spacial score (nSPS) is 10.0. The Bertz CT molecular complexity index is 319. The monoisotopic (exact) mass is 280 g/mol. The van der Waals surface area contributed by atoms with Crippen molar-refractivity contribution in [1.82, 2.24) is 9.78 Å². The molecule has 0 spiro atoms. The fourth-order valence-electron chi connectivity index (χ4n) is 0.902. The Morgan fingerprint density at radius 3 is 2.58 bits per heavy atom. The van der Waals surface area contributed by atoms with Gasteiger partial charge in [0.2, 0.25) is 0 Å². The van der Waals surface area contributed by atoms with Gasteiger partial charge in [0.05, 0.1) is 12.8 Å². The number of aromatic nitrogens is 2. The van der Waals surface area contributed by atoms with Crippen molar-refractivity contribution in [2.24, 2.45) is 7.05 Å². The van der Waals surface area contributed by atoms with Crippen molar-refractivity contribution in [3.8, 4) is 0 Å². The summed E-state index contributed by atoms with van der Waals surface area (Å²) in [5.41, 5.74) is 1.38. The molecule has 0 N–H and O–H groups in total. The van der Waals surface area contributed by atoms with Crippen molar-refractivity contribution in [1.29, 1.82) is 0 Å². The Morgan fingerprint density at radius 1 is 1.67 bits per heavy atom. The van der Waals surface area contributed by atoms with Gasteiger partial charge in [0.15, 0.2) is 0 Å². The molecule has 0 fully saturated rings. The number of esters is 1. The van der Waals surface area contributed by atoms with Crippen LogP contribution >= 0.6 is 22.6 Å². The lowest BCUT2D eigenvalue weighted by Gasteiger charge is -1.97. The summed E-state index contributed by atoms with van der Waals surface area (Å²) in [5, 5.41) is 4.08. The summed E-state index contributed by atoms with van der Waals surface area (Å²) >= 11 is 2.01. The highest BCUT2D eigenvalue weighted by atomic mass is 127. The number of aryl methyl sites for hydroxylation is 1. The first kappa shape index (κ1) is 9.50. The third-order valence-corrected chi connectivity index (χ3v) is 2.44. The van der Waals surface area contributed by atoms with Crippen LogP contribution in [0, 0.1) is 10.6 Å². The van der Waals surface area contributed by atoms with E-state index in [-0.39, 0.29) is 5.97 Å². The number of hydrogen-bond acceptors (Lipinski definition) is 3. The Morgan fingerprint density at radius 2 is 2.25 bits per heavy atom. The molecule has 0 saturated carbocycles. The van der Waals surface area contributed by atoms with E-state index < -0.39 is 0 Å². The molecule has 4 nitrogen and oxygen atoms in total. The van der Waals surface area contributed by atoms with Gasteiger partial charge >= 0.3 is 5.97 Å². The van der Waals surface area contributed by atoms with Crippen molar-refractivity contribution in [3.63, 3.8) is 0 Å². The van der Waals surface area contributed by atoms with E-state index in [2.05, 4.69) is 9.84 Å². The van der Waals surface area contributed by atoms with Gasteiger partial charge in [-0.2, -0.15) is 5.10 Å². The SMILES string of the molecule is COC(=O)c1c(I)nn(C)c1C. The van der Waals surface area contributed by atoms with Crippen LogP contribution in [-0.2, 0) is 11.8 Å². The van der Waals surface area contributed by atoms with Crippen LogP contribution in [0.3, 0.4) is 0 Å². The number of nitrogens with zero attached hydrogens (tertiary/aromatic N) is 2. The molecule has 1 rings (SSSR count). The first-order chi connectivity index (χ1) is 5.57. The molecule has 12 heavy (non-hydrogen) atoms. The van der Waals surface area contributed by atoms with E-state index >= 15 is 0 Å². The molecule has 0 saturated heterocycles. The summed E-state index contributed by atoms with van der Waals surface area (Å²) in [7, 11) is 3.16. The number of carbonyl (C=O) groups excluding carboxylic acids is 1. The predicted molar refractivity (Wildman–Crippen MR) is 52.0 cm³/mol. The van der Waals surface area contributed by atoms with Gasteiger partial charge < -0.3 is 4.74 Å². The van der Waals surface area contributed by atoms with E-state index in [0.29, 0.717) is 9.26 Å². The minimum absolute atomic E-state index is 0.329. The van der Waals surface area contributed by atoms with Crippen molar-refractivity contribution in [2.75, 3.05) is 7.11 Å². The summed E-state index contributed by atoms with van der Waals surface area (Å²) in [4.78, 5) is 11.2. The third kappa shape index (κ3) is 1.45.